The molecule has 13 heteroatoms. The van der Waals surface area contributed by atoms with Gasteiger partial charge in [0.15, 0.2) is 0 Å². The van der Waals surface area contributed by atoms with Crippen LogP contribution in [-0.4, -0.2) is 75.9 Å². The molecule has 4 heterocycles. The van der Waals surface area contributed by atoms with Gasteiger partial charge in [0.05, 0.1) is 25.7 Å². The van der Waals surface area contributed by atoms with Crippen molar-refractivity contribution in [2.45, 2.75) is 38.8 Å². The number of likely N-dealkylation sites (N-methyl/N-ethyl adjacent to an activating group) is 1. The van der Waals surface area contributed by atoms with Gasteiger partial charge in [0.2, 0.25) is 5.91 Å². The number of aryl methyl sites for hydroxylation is 3. The van der Waals surface area contributed by atoms with Gasteiger partial charge in [-0.3, -0.25) is 14.2 Å². The Kier molecular flexibility index (Phi) is 9.73. The normalized spacial score (nSPS) is 15.2. The van der Waals surface area contributed by atoms with Gasteiger partial charge in [-0.25, -0.2) is 18.4 Å². The second-order valence-corrected chi connectivity index (χ2v) is 10.6. The Hall–Kier alpha value is -3.81. The van der Waals surface area contributed by atoms with Gasteiger partial charge in [0.25, 0.3) is 5.56 Å². The molecule has 1 aliphatic rings. The van der Waals surface area contributed by atoms with E-state index in [4.69, 9.17) is 9.84 Å². The minimum Gasteiger partial charge on any atom is -0.496 e. The van der Waals surface area contributed by atoms with Crippen LogP contribution in [0.2, 0.25) is 0 Å². The van der Waals surface area contributed by atoms with Crippen molar-refractivity contribution in [3.05, 3.63) is 74.4 Å². The monoisotopic (exact) mass is 587 g/mol. The minimum absolute atomic E-state index is 0.122. The number of carbonyl (C=O) groups is 1. The van der Waals surface area contributed by atoms with Crippen molar-refractivity contribution in [2.75, 3.05) is 41.0 Å². The van der Waals surface area contributed by atoms with Gasteiger partial charge in [0.1, 0.15) is 27.4 Å². The number of rotatable bonds is 8. The fourth-order valence-corrected chi connectivity index (χ4v) is 6.21. The summed E-state index contributed by atoms with van der Waals surface area (Å²) in [7, 11) is 4.74. The highest BCUT2D eigenvalue weighted by molar-refractivity contribution is 7.21. The number of ether oxygens (including phenoxy) is 2. The number of fused-ring (bicyclic) bond motifs is 1. The fraction of sp³-hybridized carbons (Fsp3) is 0.429. The number of hydrogen-bond acceptors (Lipinski definition) is 8. The maximum atomic E-state index is 14.0. The Morgan fingerprint density at radius 3 is 2.63 bits per heavy atom. The molecule has 4 aromatic rings. The van der Waals surface area contributed by atoms with E-state index in [1.807, 2.05) is 6.92 Å². The van der Waals surface area contributed by atoms with E-state index in [-0.39, 0.29) is 19.1 Å². The standard InChI is InChI=1S/C25H26FN5O4S.C3H8O2/c1-15-20-22(33)31(18-6-4-11-28(2)21(18)32)25(34)29(24(20)36-23(15)30-12-5-10-27-30)13-9-16-14-17(26)7-8-19(16)35-3;1-5-3-2-4/h5,7-8,10,12,14,18H,4,6,9,11,13H2,1-3H3;4H,2-3H2,1H3. The molecule has 3 aromatic heterocycles. The summed E-state index contributed by atoms with van der Waals surface area (Å²) in [6, 6.07) is 5.16. The number of piperidine rings is 1. The first-order chi connectivity index (χ1) is 19.7. The highest BCUT2D eigenvalue weighted by Gasteiger charge is 2.32. The third-order valence-electron chi connectivity index (χ3n) is 7.02. The molecule has 1 atom stereocenters. The van der Waals surface area contributed by atoms with Gasteiger partial charge < -0.3 is 19.5 Å². The van der Waals surface area contributed by atoms with Gasteiger partial charge in [-0.2, -0.15) is 5.10 Å². The molecule has 1 aromatic carbocycles. The molecule has 1 unspecified atom stereocenters. The number of hydrogen-bond donors (Lipinski definition) is 1. The summed E-state index contributed by atoms with van der Waals surface area (Å²) in [5, 5.41) is 13.3. The molecule has 0 saturated carbocycles. The second-order valence-electron chi connectivity index (χ2n) is 9.61. The molecule has 0 aliphatic carbocycles. The molecule has 1 N–H and O–H groups in total. The van der Waals surface area contributed by atoms with E-state index in [9.17, 15) is 18.8 Å². The van der Waals surface area contributed by atoms with Crippen molar-refractivity contribution < 1.29 is 23.8 Å². The Labute approximate surface area is 240 Å². The molecule has 0 bridgehead atoms. The maximum Gasteiger partial charge on any atom is 0.332 e. The first kappa shape index (κ1) is 30.2. The summed E-state index contributed by atoms with van der Waals surface area (Å²) in [5.74, 6) is -0.145. The van der Waals surface area contributed by atoms with Crippen molar-refractivity contribution >= 4 is 27.5 Å². The van der Waals surface area contributed by atoms with Crippen LogP contribution in [0, 0.1) is 12.7 Å². The van der Waals surface area contributed by atoms with Crippen molar-refractivity contribution in [1.82, 2.24) is 23.8 Å². The number of likely N-dealkylation sites (tertiary alicyclic amines) is 1. The number of amides is 1. The van der Waals surface area contributed by atoms with Gasteiger partial charge in [0, 0.05) is 45.2 Å². The Balaban J connectivity index is 0.000000714. The molecular formula is C28H34FN5O6S. The molecule has 41 heavy (non-hydrogen) atoms. The molecule has 1 amide bonds. The predicted octanol–water partition coefficient (Wildman–Crippen LogP) is 2.53. The number of aliphatic hydroxyl groups excluding tert-OH is 1. The zero-order valence-electron chi connectivity index (χ0n) is 23.5. The summed E-state index contributed by atoms with van der Waals surface area (Å²) >= 11 is 1.29. The van der Waals surface area contributed by atoms with Crippen LogP contribution in [0.4, 0.5) is 4.39 Å². The van der Waals surface area contributed by atoms with Gasteiger partial charge in [-0.15, -0.1) is 0 Å². The van der Waals surface area contributed by atoms with Crippen LogP contribution in [-0.2, 0) is 22.5 Å². The summed E-state index contributed by atoms with van der Waals surface area (Å²) in [4.78, 5) is 42.7. The van der Waals surface area contributed by atoms with Crippen molar-refractivity contribution in [2.24, 2.45) is 0 Å². The number of aliphatic hydroxyl groups is 1. The van der Waals surface area contributed by atoms with E-state index in [0.29, 0.717) is 64.5 Å². The van der Waals surface area contributed by atoms with Crippen molar-refractivity contribution in [3.63, 3.8) is 0 Å². The lowest BCUT2D eigenvalue weighted by atomic mass is 10.0. The van der Waals surface area contributed by atoms with Crippen LogP contribution in [0.25, 0.3) is 15.2 Å². The lowest BCUT2D eigenvalue weighted by Gasteiger charge is -2.30. The first-order valence-electron chi connectivity index (χ1n) is 13.2. The van der Waals surface area contributed by atoms with Gasteiger partial charge >= 0.3 is 5.69 Å². The number of thiophene rings is 1. The third kappa shape index (κ3) is 6.11. The fourth-order valence-electron chi connectivity index (χ4n) is 4.95. The SMILES string of the molecule is COCCO.COc1ccc(F)cc1CCn1c(=O)n(C2CCCN(C)C2=O)c(=O)c2c(C)c(-n3cccn3)sc21. The smallest absolute Gasteiger partial charge is 0.332 e. The minimum atomic E-state index is -0.865. The Morgan fingerprint density at radius 2 is 2.00 bits per heavy atom. The topological polar surface area (TPSA) is 121 Å². The third-order valence-corrected chi connectivity index (χ3v) is 8.32. The number of methoxy groups -OCH3 is 2. The summed E-state index contributed by atoms with van der Waals surface area (Å²) in [5.41, 5.74) is 0.260. The lowest BCUT2D eigenvalue weighted by molar-refractivity contribution is -0.136. The molecular weight excluding hydrogens is 553 g/mol. The average molecular weight is 588 g/mol. The van der Waals surface area contributed by atoms with Gasteiger partial charge in [-0.1, -0.05) is 11.3 Å². The molecule has 1 fully saturated rings. The van der Waals surface area contributed by atoms with E-state index in [1.165, 1.54) is 35.1 Å². The van der Waals surface area contributed by atoms with E-state index in [1.54, 1.807) is 48.3 Å². The summed E-state index contributed by atoms with van der Waals surface area (Å²) < 4.78 is 28.1. The Morgan fingerprint density at radius 1 is 1.22 bits per heavy atom. The van der Waals surface area contributed by atoms with Crippen molar-refractivity contribution in [3.8, 4) is 10.8 Å². The molecule has 11 nitrogen and oxygen atoms in total. The largest absolute Gasteiger partial charge is 0.496 e. The van der Waals surface area contributed by atoms with Crippen LogP contribution < -0.4 is 16.0 Å². The quantitative estimate of drug-likeness (QED) is 0.336. The molecule has 0 spiro atoms. The van der Waals surface area contributed by atoms with Crippen LogP contribution >= 0.6 is 11.3 Å². The number of benzene rings is 1. The zero-order chi connectivity index (χ0) is 29.7. The molecule has 220 valence electrons. The first-order valence-corrected chi connectivity index (χ1v) is 14.0. The van der Waals surface area contributed by atoms with E-state index >= 15 is 0 Å². The van der Waals surface area contributed by atoms with Crippen molar-refractivity contribution in [1.29, 1.82) is 0 Å². The van der Waals surface area contributed by atoms with Crippen LogP contribution in [0.3, 0.4) is 0 Å². The predicted molar refractivity (Wildman–Crippen MR) is 154 cm³/mol. The highest BCUT2D eigenvalue weighted by Crippen LogP contribution is 2.32. The van der Waals surface area contributed by atoms with Gasteiger partial charge in [-0.05, 0) is 56.0 Å². The summed E-state index contributed by atoms with van der Waals surface area (Å²) in [6.07, 6.45) is 4.81. The maximum absolute atomic E-state index is 14.0. The van der Waals surface area contributed by atoms with E-state index < -0.39 is 23.1 Å². The molecule has 1 saturated heterocycles. The van der Waals surface area contributed by atoms with Crippen LogP contribution in [0.15, 0.2) is 46.2 Å². The molecule has 5 rings (SSSR count). The van der Waals surface area contributed by atoms with E-state index in [2.05, 4.69) is 9.84 Å². The van der Waals surface area contributed by atoms with Crippen LogP contribution in [0.1, 0.15) is 30.0 Å². The number of nitrogens with zero attached hydrogens (tertiary/aromatic N) is 5. The number of carbonyl (C=O) groups excluding carboxylic acids is 1. The number of halogens is 1. The second kappa shape index (κ2) is 13.2. The Bertz CT molecular complexity index is 1630. The van der Waals surface area contributed by atoms with E-state index in [0.717, 1.165) is 4.57 Å². The zero-order valence-corrected chi connectivity index (χ0v) is 24.3. The lowest BCUT2D eigenvalue weighted by Crippen LogP contribution is -2.49. The highest BCUT2D eigenvalue weighted by atomic mass is 32.1. The van der Waals surface area contributed by atoms with Crippen LogP contribution in [0.5, 0.6) is 5.75 Å². The summed E-state index contributed by atoms with van der Waals surface area (Å²) in [6.45, 7) is 3.14. The molecule has 1 aliphatic heterocycles. The molecule has 0 radical (unpaired) electrons. The number of aromatic nitrogens is 4. The average Bonchev–Trinajstić information content (AvgIpc) is 3.60.